The van der Waals surface area contributed by atoms with E-state index in [2.05, 4.69) is 15.9 Å². The molecule has 1 heterocycles. The van der Waals surface area contributed by atoms with Crippen molar-refractivity contribution in [3.05, 3.63) is 69.0 Å². The second-order valence-corrected chi connectivity index (χ2v) is 6.14. The molecule has 0 atom stereocenters. The summed E-state index contributed by atoms with van der Waals surface area (Å²) in [5.41, 5.74) is 2.76. The van der Waals surface area contributed by atoms with Crippen molar-refractivity contribution in [3.8, 4) is 0 Å². The Bertz CT molecular complexity index is 815. The molecule has 0 radical (unpaired) electrons. The molecule has 0 saturated heterocycles. The Balaban J connectivity index is 2.07. The van der Waals surface area contributed by atoms with Crippen molar-refractivity contribution in [1.29, 1.82) is 0 Å². The molecule has 0 saturated carbocycles. The molecule has 0 bridgehead atoms. The molecule has 0 unspecified atom stereocenters. The quantitative estimate of drug-likeness (QED) is 0.710. The van der Waals surface area contributed by atoms with Gasteiger partial charge in [0.2, 0.25) is 0 Å². The van der Waals surface area contributed by atoms with Crippen LogP contribution < -0.4 is 0 Å². The van der Waals surface area contributed by atoms with Gasteiger partial charge in [-0.25, -0.2) is 4.39 Å². The molecule has 0 aliphatic carbocycles. The minimum Gasteiger partial charge on any atom is -0.392 e. The third-order valence-electron chi connectivity index (χ3n) is 3.43. The number of rotatable bonds is 3. The van der Waals surface area contributed by atoms with Crippen molar-refractivity contribution in [3.63, 3.8) is 0 Å². The summed E-state index contributed by atoms with van der Waals surface area (Å²) in [6, 6.07) is 10.5. The van der Waals surface area contributed by atoms with Gasteiger partial charge in [0.05, 0.1) is 16.6 Å². The van der Waals surface area contributed by atoms with Gasteiger partial charge in [0.1, 0.15) is 5.82 Å². The topological polar surface area (TPSA) is 25.2 Å². The van der Waals surface area contributed by atoms with Crippen molar-refractivity contribution in [1.82, 2.24) is 4.57 Å². The molecule has 3 rings (SSSR count). The summed E-state index contributed by atoms with van der Waals surface area (Å²) >= 11 is 9.25. The standard InChI is InChI=1S/C16H12BrClFNO/c17-14-5-10(1-4-15(14)19)7-20-8-11(9-21)13-3-2-12(18)6-16(13)20/h1-6,8,21H,7,9H2. The van der Waals surface area contributed by atoms with E-state index in [4.69, 9.17) is 11.6 Å². The molecular formula is C16H12BrClFNO. The van der Waals surface area contributed by atoms with Crippen LogP contribution in [-0.2, 0) is 13.2 Å². The van der Waals surface area contributed by atoms with E-state index in [9.17, 15) is 9.50 Å². The highest BCUT2D eigenvalue weighted by Gasteiger charge is 2.09. The van der Waals surface area contributed by atoms with Gasteiger partial charge >= 0.3 is 0 Å². The fourth-order valence-electron chi connectivity index (χ4n) is 2.43. The van der Waals surface area contributed by atoms with Crippen LogP contribution in [0.25, 0.3) is 10.9 Å². The van der Waals surface area contributed by atoms with Gasteiger partial charge in [0.15, 0.2) is 0 Å². The summed E-state index contributed by atoms with van der Waals surface area (Å²) in [6.45, 7) is 0.550. The SMILES string of the molecule is OCc1cn(Cc2ccc(F)c(Br)c2)c2cc(Cl)ccc12. The molecule has 0 aliphatic heterocycles. The second-order valence-electron chi connectivity index (χ2n) is 4.85. The number of aromatic nitrogens is 1. The van der Waals surface area contributed by atoms with Gasteiger partial charge in [-0.1, -0.05) is 23.7 Å². The van der Waals surface area contributed by atoms with Gasteiger partial charge in [-0.05, 0) is 45.8 Å². The predicted molar refractivity (Wildman–Crippen MR) is 86.1 cm³/mol. The van der Waals surface area contributed by atoms with Crippen molar-refractivity contribution in [2.45, 2.75) is 13.2 Å². The lowest BCUT2D eigenvalue weighted by Crippen LogP contribution is -1.98. The number of benzene rings is 2. The van der Waals surface area contributed by atoms with Gasteiger partial charge in [-0.15, -0.1) is 0 Å². The predicted octanol–water partition coefficient (Wildman–Crippen LogP) is 4.74. The van der Waals surface area contributed by atoms with E-state index < -0.39 is 0 Å². The van der Waals surface area contributed by atoms with Crippen molar-refractivity contribution in [2.24, 2.45) is 0 Å². The molecule has 1 aromatic heterocycles. The molecule has 0 spiro atoms. The Morgan fingerprint density at radius 3 is 2.71 bits per heavy atom. The first-order chi connectivity index (χ1) is 10.1. The van der Waals surface area contributed by atoms with Gasteiger partial charge in [-0.3, -0.25) is 0 Å². The number of nitrogens with zero attached hydrogens (tertiary/aromatic N) is 1. The summed E-state index contributed by atoms with van der Waals surface area (Å²) in [5.74, 6) is -0.282. The van der Waals surface area contributed by atoms with E-state index in [-0.39, 0.29) is 12.4 Å². The molecule has 21 heavy (non-hydrogen) atoms. The Morgan fingerprint density at radius 2 is 2.00 bits per heavy atom. The molecular weight excluding hydrogens is 357 g/mol. The number of aliphatic hydroxyl groups excluding tert-OH is 1. The normalized spacial score (nSPS) is 11.2. The van der Waals surface area contributed by atoms with Crippen molar-refractivity contribution < 1.29 is 9.50 Å². The molecule has 3 aromatic rings. The minimum absolute atomic E-state index is 0.0295. The maximum atomic E-state index is 13.3. The fourth-order valence-corrected chi connectivity index (χ4v) is 3.03. The summed E-state index contributed by atoms with van der Waals surface area (Å²) in [4.78, 5) is 0. The maximum absolute atomic E-state index is 13.3. The molecule has 0 aliphatic rings. The third-order valence-corrected chi connectivity index (χ3v) is 4.28. The summed E-state index contributed by atoms with van der Waals surface area (Å²) in [7, 11) is 0. The lowest BCUT2D eigenvalue weighted by molar-refractivity contribution is 0.283. The van der Waals surface area contributed by atoms with E-state index in [0.717, 1.165) is 22.0 Å². The average molecular weight is 369 g/mol. The van der Waals surface area contributed by atoms with Crippen molar-refractivity contribution >= 4 is 38.4 Å². The number of hydrogen-bond donors (Lipinski definition) is 1. The Kier molecular flexibility index (Phi) is 4.02. The third kappa shape index (κ3) is 2.84. The maximum Gasteiger partial charge on any atom is 0.137 e. The highest BCUT2D eigenvalue weighted by atomic mass is 79.9. The number of fused-ring (bicyclic) bond motifs is 1. The number of halogens is 3. The van der Waals surface area contributed by atoms with Crippen LogP contribution in [0.3, 0.4) is 0 Å². The van der Waals surface area contributed by atoms with E-state index in [1.807, 2.05) is 29.0 Å². The Morgan fingerprint density at radius 1 is 1.19 bits per heavy atom. The van der Waals surface area contributed by atoms with Crippen LogP contribution in [0, 0.1) is 5.82 Å². The first-order valence-electron chi connectivity index (χ1n) is 6.40. The summed E-state index contributed by atoms with van der Waals surface area (Å²) < 4.78 is 15.7. The molecule has 2 nitrogen and oxygen atoms in total. The first kappa shape index (κ1) is 14.6. The Labute approximate surface area is 134 Å². The monoisotopic (exact) mass is 367 g/mol. The zero-order chi connectivity index (χ0) is 15.0. The molecule has 108 valence electrons. The van der Waals surface area contributed by atoms with Gasteiger partial charge in [-0.2, -0.15) is 0 Å². The van der Waals surface area contributed by atoms with Crippen molar-refractivity contribution in [2.75, 3.05) is 0 Å². The van der Waals surface area contributed by atoms with Crippen LogP contribution in [0.5, 0.6) is 0 Å². The van der Waals surface area contributed by atoms with Crippen LogP contribution in [0.2, 0.25) is 5.02 Å². The van der Waals surface area contributed by atoms with E-state index in [1.165, 1.54) is 6.07 Å². The van der Waals surface area contributed by atoms with Gasteiger partial charge < -0.3 is 9.67 Å². The number of aliphatic hydroxyl groups is 1. The second kappa shape index (κ2) is 5.79. The Hall–Kier alpha value is -1.36. The van der Waals surface area contributed by atoms with E-state index in [0.29, 0.717) is 16.0 Å². The zero-order valence-corrected chi connectivity index (χ0v) is 13.3. The smallest absolute Gasteiger partial charge is 0.137 e. The van der Waals surface area contributed by atoms with E-state index in [1.54, 1.807) is 12.1 Å². The zero-order valence-electron chi connectivity index (χ0n) is 11.0. The molecule has 1 N–H and O–H groups in total. The fraction of sp³-hybridized carbons (Fsp3) is 0.125. The highest BCUT2D eigenvalue weighted by Crippen LogP contribution is 2.26. The highest BCUT2D eigenvalue weighted by molar-refractivity contribution is 9.10. The number of hydrogen-bond acceptors (Lipinski definition) is 1. The van der Waals surface area contributed by atoms with Crippen LogP contribution in [0.15, 0.2) is 47.1 Å². The largest absolute Gasteiger partial charge is 0.392 e. The lowest BCUT2D eigenvalue weighted by Gasteiger charge is -2.07. The average Bonchev–Trinajstić information content (AvgIpc) is 2.80. The minimum atomic E-state index is -0.282. The van der Waals surface area contributed by atoms with Gasteiger partial charge in [0, 0.05) is 28.7 Å². The summed E-state index contributed by atoms with van der Waals surface area (Å²) in [6.07, 6.45) is 1.90. The van der Waals surface area contributed by atoms with E-state index >= 15 is 0 Å². The van der Waals surface area contributed by atoms with Crippen LogP contribution in [0.1, 0.15) is 11.1 Å². The van der Waals surface area contributed by atoms with Crippen LogP contribution in [-0.4, -0.2) is 9.67 Å². The van der Waals surface area contributed by atoms with Crippen LogP contribution >= 0.6 is 27.5 Å². The molecule has 0 fully saturated rings. The first-order valence-corrected chi connectivity index (χ1v) is 7.57. The van der Waals surface area contributed by atoms with Gasteiger partial charge in [0.25, 0.3) is 0 Å². The molecule has 0 amide bonds. The molecule has 5 heteroatoms. The lowest BCUT2D eigenvalue weighted by atomic mass is 10.2. The molecule has 2 aromatic carbocycles. The van der Waals surface area contributed by atoms with Crippen LogP contribution in [0.4, 0.5) is 4.39 Å². The summed E-state index contributed by atoms with van der Waals surface area (Å²) in [5, 5.41) is 11.1.